The molecule has 1 aromatic heterocycles. The van der Waals surface area contributed by atoms with Crippen LogP contribution in [0.1, 0.15) is 31.2 Å². The zero-order valence-corrected chi connectivity index (χ0v) is 15.0. The molecule has 0 amide bonds. The fraction of sp³-hybridized carbons (Fsp3) is 0.400. The molecule has 0 atom stereocenters. The minimum Gasteiger partial charge on any atom is -0.477 e. The van der Waals surface area contributed by atoms with Crippen molar-refractivity contribution in [3.8, 4) is 11.5 Å². The van der Waals surface area contributed by atoms with Crippen LogP contribution in [0.2, 0.25) is 0 Å². The SMILES string of the molecule is Cc1oc(-c2ccccc2)nc1/C=C/CC[C@H]1CO[C@@](C)(C(=O)O)OC1. The lowest BCUT2D eigenvalue weighted by Crippen LogP contribution is -2.47. The molecule has 1 aromatic carbocycles. The van der Waals surface area contributed by atoms with Gasteiger partial charge in [0.05, 0.1) is 13.2 Å². The molecule has 0 bridgehead atoms. The van der Waals surface area contributed by atoms with Crippen LogP contribution in [-0.4, -0.2) is 35.1 Å². The molecule has 2 aromatic rings. The minimum absolute atomic E-state index is 0.186. The van der Waals surface area contributed by atoms with Crippen LogP contribution in [0.5, 0.6) is 0 Å². The maximum absolute atomic E-state index is 11.1. The number of carboxylic acid groups (broad SMARTS) is 1. The number of rotatable bonds is 6. The van der Waals surface area contributed by atoms with Gasteiger partial charge in [0.15, 0.2) is 0 Å². The molecule has 0 radical (unpaired) electrons. The summed E-state index contributed by atoms with van der Waals surface area (Å²) in [5.74, 6) is -1.03. The van der Waals surface area contributed by atoms with Gasteiger partial charge in [-0.15, -0.1) is 0 Å². The Kier molecular flexibility index (Phi) is 5.54. The molecule has 26 heavy (non-hydrogen) atoms. The number of hydrogen-bond donors (Lipinski definition) is 1. The highest BCUT2D eigenvalue weighted by Crippen LogP contribution is 2.25. The van der Waals surface area contributed by atoms with E-state index in [4.69, 9.17) is 19.0 Å². The summed E-state index contributed by atoms with van der Waals surface area (Å²) in [6.45, 7) is 4.10. The van der Waals surface area contributed by atoms with E-state index in [0.717, 1.165) is 29.9 Å². The number of carbonyl (C=O) groups is 1. The van der Waals surface area contributed by atoms with Crippen LogP contribution < -0.4 is 0 Å². The predicted octanol–water partition coefficient (Wildman–Crippen LogP) is 3.91. The van der Waals surface area contributed by atoms with Gasteiger partial charge in [-0.1, -0.05) is 24.3 Å². The van der Waals surface area contributed by atoms with Crippen molar-refractivity contribution in [1.82, 2.24) is 4.98 Å². The zero-order valence-electron chi connectivity index (χ0n) is 15.0. The average molecular weight is 357 g/mol. The molecule has 6 nitrogen and oxygen atoms in total. The smallest absolute Gasteiger partial charge is 0.364 e. The average Bonchev–Trinajstić information content (AvgIpc) is 3.02. The first-order chi connectivity index (χ1) is 12.5. The molecule has 3 rings (SSSR count). The summed E-state index contributed by atoms with van der Waals surface area (Å²) in [7, 11) is 0. The lowest BCUT2D eigenvalue weighted by Gasteiger charge is -2.34. The lowest BCUT2D eigenvalue weighted by molar-refractivity contribution is -0.270. The van der Waals surface area contributed by atoms with Crippen LogP contribution in [0, 0.1) is 12.8 Å². The first-order valence-electron chi connectivity index (χ1n) is 8.68. The summed E-state index contributed by atoms with van der Waals surface area (Å²) in [5, 5.41) is 9.06. The molecule has 0 saturated carbocycles. The molecule has 0 unspecified atom stereocenters. The molecule has 0 aliphatic carbocycles. The quantitative estimate of drug-likeness (QED) is 0.844. The number of hydrogen-bond acceptors (Lipinski definition) is 5. The molecular weight excluding hydrogens is 334 g/mol. The lowest BCUT2D eigenvalue weighted by atomic mass is 10.0. The number of benzene rings is 1. The van der Waals surface area contributed by atoms with Gasteiger partial charge in [0.1, 0.15) is 11.5 Å². The molecule has 1 fully saturated rings. The van der Waals surface area contributed by atoms with E-state index in [0.29, 0.717) is 19.1 Å². The van der Waals surface area contributed by atoms with Gasteiger partial charge in [0.2, 0.25) is 5.89 Å². The number of nitrogens with zero attached hydrogens (tertiary/aromatic N) is 1. The van der Waals surface area contributed by atoms with Gasteiger partial charge in [-0.25, -0.2) is 9.78 Å². The maximum Gasteiger partial charge on any atom is 0.364 e. The van der Waals surface area contributed by atoms with Gasteiger partial charge in [0, 0.05) is 18.4 Å². The highest BCUT2D eigenvalue weighted by atomic mass is 16.7. The second-order valence-electron chi connectivity index (χ2n) is 6.55. The highest BCUT2D eigenvalue weighted by Gasteiger charge is 2.40. The number of allylic oxidation sites excluding steroid dienone is 1. The summed E-state index contributed by atoms with van der Waals surface area (Å²) in [6, 6.07) is 9.79. The van der Waals surface area contributed by atoms with Gasteiger partial charge in [-0.05, 0) is 38.0 Å². The summed E-state index contributed by atoms with van der Waals surface area (Å²) in [4.78, 5) is 15.6. The second-order valence-corrected chi connectivity index (χ2v) is 6.55. The van der Waals surface area contributed by atoms with Crippen LogP contribution in [0.25, 0.3) is 17.5 Å². The molecule has 2 heterocycles. The van der Waals surface area contributed by atoms with Crippen LogP contribution in [0.4, 0.5) is 0 Å². The first-order valence-corrected chi connectivity index (χ1v) is 8.68. The number of aromatic nitrogens is 1. The fourth-order valence-corrected chi connectivity index (χ4v) is 2.73. The fourth-order valence-electron chi connectivity index (χ4n) is 2.73. The Hall–Kier alpha value is -2.44. The van der Waals surface area contributed by atoms with E-state index in [2.05, 4.69) is 4.98 Å². The van der Waals surface area contributed by atoms with Crippen LogP contribution in [0.3, 0.4) is 0 Å². The van der Waals surface area contributed by atoms with Gasteiger partial charge in [-0.2, -0.15) is 0 Å². The van der Waals surface area contributed by atoms with Crippen molar-refractivity contribution in [2.75, 3.05) is 13.2 Å². The molecule has 1 aliphatic heterocycles. The largest absolute Gasteiger partial charge is 0.477 e. The Morgan fingerprint density at radius 3 is 2.65 bits per heavy atom. The molecule has 6 heteroatoms. The van der Waals surface area contributed by atoms with Crippen LogP contribution >= 0.6 is 0 Å². The molecular formula is C20H23NO5. The second kappa shape index (κ2) is 7.85. The monoisotopic (exact) mass is 357 g/mol. The van der Waals surface area contributed by atoms with Crippen molar-refractivity contribution in [2.45, 2.75) is 32.5 Å². The summed E-state index contributed by atoms with van der Waals surface area (Å²) < 4.78 is 16.4. The highest BCUT2D eigenvalue weighted by molar-refractivity contribution is 5.75. The van der Waals surface area contributed by atoms with Crippen molar-refractivity contribution in [1.29, 1.82) is 0 Å². The normalized spacial score (nSPS) is 23.4. The number of ether oxygens (including phenoxy) is 2. The standard InChI is InChI=1S/C20H23NO5/c1-14-17(21-18(26-14)16-9-4-3-5-10-16)11-7-6-8-15-12-24-20(2,19(22)23)25-13-15/h3-5,7,9-11,15H,6,8,12-13H2,1-2H3,(H,22,23)/b11-7+/t15-,20+. The topological polar surface area (TPSA) is 81.8 Å². The van der Waals surface area contributed by atoms with E-state index in [1.54, 1.807) is 0 Å². The van der Waals surface area contributed by atoms with Crippen molar-refractivity contribution >= 4 is 12.0 Å². The Morgan fingerprint density at radius 2 is 2.00 bits per heavy atom. The Morgan fingerprint density at radius 1 is 1.31 bits per heavy atom. The van der Waals surface area contributed by atoms with Gasteiger partial charge in [0.25, 0.3) is 5.79 Å². The number of aliphatic carboxylic acids is 1. The van der Waals surface area contributed by atoms with Gasteiger partial charge < -0.3 is 19.0 Å². The van der Waals surface area contributed by atoms with E-state index in [-0.39, 0.29) is 5.92 Å². The third kappa shape index (κ3) is 4.20. The summed E-state index contributed by atoms with van der Waals surface area (Å²) >= 11 is 0. The van der Waals surface area contributed by atoms with Crippen molar-refractivity contribution in [3.05, 3.63) is 47.9 Å². The Balaban J connectivity index is 1.51. The summed E-state index contributed by atoms with van der Waals surface area (Å²) in [6.07, 6.45) is 5.69. The third-order valence-electron chi connectivity index (χ3n) is 4.45. The molecule has 1 saturated heterocycles. The van der Waals surface area contributed by atoms with Crippen LogP contribution in [-0.2, 0) is 14.3 Å². The zero-order chi connectivity index (χ0) is 18.6. The van der Waals surface area contributed by atoms with Gasteiger partial charge >= 0.3 is 5.97 Å². The van der Waals surface area contributed by atoms with Crippen LogP contribution in [0.15, 0.2) is 40.8 Å². The number of oxazole rings is 1. The van der Waals surface area contributed by atoms with E-state index in [9.17, 15) is 4.79 Å². The van der Waals surface area contributed by atoms with Crippen molar-refractivity contribution in [2.24, 2.45) is 5.92 Å². The number of carboxylic acids is 1. The molecule has 0 spiro atoms. The minimum atomic E-state index is -1.52. The van der Waals surface area contributed by atoms with Gasteiger partial charge in [-0.3, -0.25) is 0 Å². The Bertz CT molecular complexity index is 773. The molecule has 1 N–H and O–H groups in total. The van der Waals surface area contributed by atoms with E-state index >= 15 is 0 Å². The number of aryl methyl sites for hydroxylation is 1. The van der Waals surface area contributed by atoms with E-state index in [1.807, 2.05) is 49.4 Å². The molecule has 138 valence electrons. The van der Waals surface area contributed by atoms with Crippen molar-refractivity contribution in [3.63, 3.8) is 0 Å². The van der Waals surface area contributed by atoms with E-state index in [1.165, 1.54) is 6.92 Å². The van der Waals surface area contributed by atoms with E-state index < -0.39 is 11.8 Å². The third-order valence-corrected chi connectivity index (χ3v) is 4.45. The predicted molar refractivity (Wildman–Crippen MR) is 96.4 cm³/mol. The first kappa shape index (κ1) is 18.4. The molecule has 1 aliphatic rings. The van der Waals surface area contributed by atoms with Crippen molar-refractivity contribution < 1.29 is 23.8 Å². The Labute approximate surface area is 152 Å². The maximum atomic E-state index is 11.1. The summed E-state index contributed by atoms with van der Waals surface area (Å²) in [5.41, 5.74) is 1.77.